The second-order valence-corrected chi connectivity index (χ2v) is 18.2. The zero-order valence-electron chi connectivity index (χ0n) is 41.8. The third-order valence-electron chi connectivity index (χ3n) is 12.3. The number of hydrogen-bond donors (Lipinski definition) is 0. The molecule has 0 aliphatic heterocycles. The van der Waals surface area contributed by atoms with Crippen molar-refractivity contribution in [1.29, 1.82) is 0 Å². The lowest BCUT2D eigenvalue weighted by Gasteiger charge is -2.10. The number of benzene rings is 5. The second kappa shape index (κ2) is 31.8. The second-order valence-electron chi connectivity index (χ2n) is 18.2. The van der Waals surface area contributed by atoms with Crippen LogP contribution in [0.4, 0.5) is 8.78 Å². The van der Waals surface area contributed by atoms with E-state index in [0.29, 0.717) is 12.2 Å². The number of carbonyl (C=O) groups excluding carboxylic acids is 4. The van der Waals surface area contributed by atoms with Crippen molar-refractivity contribution in [2.24, 2.45) is 0 Å². The van der Waals surface area contributed by atoms with E-state index in [-0.39, 0.29) is 39.9 Å². The molecule has 0 fully saturated rings. The number of rotatable bonds is 33. The van der Waals surface area contributed by atoms with Gasteiger partial charge in [0, 0.05) is 18.2 Å². The van der Waals surface area contributed by atoms with E-state index in [9.17, 15) is 23.6 Å². The number of halogens is 2. The van der Waals surface area contributed by atoms with Gasteiger partial charge in [-0.05, 0) is 97.6 Å². The van der Waals surface area contributed by atoms with Gasteiger partial charge in [0.15, 0.2) is 0 Å². The van der Waals surface area contributed by atoms with Crippen molar-refractivity contribution in [1.82, 2.24) is 0 Å². The normalized spacial score (nSPS) is 11.0. The van der Waals surface area contributed by atoms with Crippen LogP contribution in [0, 0.1) is 11.6 Å². The largest absolute Gasteiger partial charge is 0.493 e. The zero-order chi connectivity index (χ0) is 50.5. The van der Waals surface area contributed by atoms with Crippen LogP contribution in [-0.2, 0) is 6.42 Å². The van der Waals surface area contributed by atoms with Crippen molar-refractivity contribution in [2.45, 2.75) is 162 Å². The Balaban J connectivity index is 0.999. The van der Waals surface area contributed by atoms with E-state index < -0.39 is 41.1 Å². The van der Waals surface area contributed by atoms with E-state index in [1.165, 1.54) is 188 Å². The predicted molar refractivity (Wildman–Crippen MR) is 274 cm³/mol. The number of aryl methyl sites for hydroxylation is 1. The Labute approximate surface area is 419 Å². The molecule has 5 aromatic rings. The monoisotopic (exact) mass is 975 g/mol. The predicted octanol–water partition coefficient (Wildman–Crippen LogP) is 16.4. The summed E-state index contributed by atoms with van der Waals surface area (Å²) >= 11 is 0. The lowest BCUT2D eigenvalue weighted by molar-refractivity contribution is 0.0719. The van der Waals surface area contributed by atoms with E-state index in [2.05, 4.69) is 13.8 Å². The zero-order valence-corrected chi connectivity index (χ0v) is 41.8. The summed E-state index contributed by atoms with van der Waals surface area (Å²) in [4.78, 5) is 51.6. The first-order chi connectivity index (χ1) is 34.6. The van der Waals surface area contributed by atoms with Gasteiger partial charge in [0.25, 0.3) is 0 Å². The molecule has 5 aromatic carbocycles. The van der Waals surface area contributed by atoms with Crippen LogP contribution in [0.5, 0.6) is 28.7 Å². The third-order valence-corrected chi connectivity index (χ3v) is 12.3. The minimum atomic E-state index is -1.07. The molecule has 0 heterocycles. The SMILES string of the molecule is CCCCCCCCCCCCCCOc1ccc(C(=O)Oc2ccc(C(=O)Oc3cccc(OC(=O)c4ccc(OC(=O)c5ccc(CCCCCCCCCCCC)cc5)cc4)c3)c(F)c2)c(F)c1. The van der Waals surface area contributed by atoms with E-state index >= 15 is 4.39 Å². The highest BCUT2D eigenvalue weighted by atomic mass is 19.1. The summed E-state index contributed by atoms with van der Waals surface area (Å²) in [6, 6.07) is 25.9. The van der Waals surface area contributed by atoms with Crippen LogP contribution in [0.1, 0.15) is 202 Å². The Morgan fingerprint density at radius 3 is 1.21 bits per heavy atom. The van der Waals surface area contributed by atoms with E-state index in [4.69, 9.17) is 23.7 Å². The summed E-state index contributed by atoms with van der Waals surface area (Å²) in [6.45, 7) is 4.90. The Morgan fingerprint density at radius 1 is 0.366 bits per heavy atom. The summed E-state index contributed by atoms with van der Waals surface area (Å²) in [5.41, 5.74) is 0.932. The summed E-state index contributed by atoms with van der Waals surface area (Å²) in [5.74, 6) is -4.98. The number of ether oxygens (including phenoxy) is 5. The van der Waals surface area contributed by atoms with Gasteiger partial charge >= 0.3 is 23.9 Å². The van der Waals surface area contributed by atoms with Gasteiger partial charge in [0.1, 0.15) is 40.4 Å². The van der Waals surface area contributed by atoms with Gasteiger partial charge in [-0.1, -0.05) is 160 Å². The Kier molecular flexibility index (Phi) is 24.9. The van der Waals surface area contributed by atoms with Gasteiger partial charge < -0.3 is 23.7 Å². The molecule has 0 radical (unpaired) electrons. The third kappa shape index (κ3) is 20.5. The van der Waals surface area contributed by atoms with Crippen LogP contribution in [-0.4, -0.2) is 30.5 Å². The first-order valence-electron chi connectivity index (χ1n) is 26.0. The Hall–Kier alpha value is -6.36. The molecule has 0 amide bonds. The lowest BCUT2D eigenvalue weighted by atomic mass is 10.0. The van der Waals surface area contributed by atoms with Gasteiger partial charge in [-0.15, -0.1) is 0 Å². The number of hydrogen-bond acceptors (Lipinski definition) is 9. The highest BCUT2D eigenvalue weighted by Gasteiger charge is 2.20. The maximum atomic E-state index is 15.2. The minimum Gasteiger partial charge on any atom is -0.493 e. The van der Waals surface area contributed by atoms with Crippen LogP contribution in [0.25, 0.3) is 0 Å². The fourth-order valence-electron chi connectivity index (χ4n) is 8.15. The van der Waals surface area contributed by atoms with Crippen molar-refractivity contribution in [3.05, 3.63) is 149 Å². The smallest absolute Gasteiger partial charge is 0.346 e. The van der Waals surface area contributed by atoms with Crippen molar-refractivity contribution in [2.75, 3.05) is 6.61 Å². The van der Waals surface area contributed by atoms with Crippen molar-refractivity contribution in [3.8, 4) is 28.7 Å². The molecule has 0 saturated heterocycles. The van der Waals surface area contributed by atoms with Crippen LogP contribution in [0.2, 0.25) is 0 Å². The molecule has 9 nitrogen and oxygen atoms in total. The van der Waals surface area contributed by atoms with Crippen molar-refractivity contribution < 1.29 is 51.6 Å². The first-order valence-corrected chi connectivity index (χ1v) is 26.0. The van der Waals surface area contributed by atoms with Gasteiger partial charge in [0.2, 0.25) is 0 Å². The number of carbonyl (C=O) groups is 4. The van der Waals surface area contributed by atoms with Gasteiger partial charge in [-0.3, -0.25) is 0 Å². The molecule has 5 rings (SSSR count). The minimum absolute atomic E-state index is 0.0405. The molecule has 380 valence electrons. The van der Waals surface area contributed by atoms with Crippen molar-refractivity contribution >= 4 is 23.9 Å². The molecule has 71 heavy (non-hydrogen) atoms. The number of esters is 4. The molecule has 0 aromatic heterocycles. The average Bonchev–Trinajstić information content (AvgIpc) is 3.36. The maximum Gasteiger partial charge on any atom is 0.346 e. The van der Waals surface area contributed by atoms with Crippen LogP contribution >= 0.6 is 0 Å². The van der Waals surface area contributed by atoms with E-state index in [0.717, 1.165) is 50.3 Å². The summed E-state index contributed by atoms with van der Waals surface area (Å²) in [6.07, 6.45) is 28.4. The van der Waals surface area contributed by atoms with Crippen molar-refractivity contribution in [3.63, 3.8) is 0 Å². The molecule has 0 aliphatic carbocycles. The molecular weight excluding hydrogens is 903 g/mol. The van der Waals surface area contributed by atoms with Gasteiger partial charge in [-0.25, -0.2) is 28.0 Å². The molecule has 0 saturated carbocycles. The molecule has 11 heteroatoms. The summed E-state index contributed by atoms with van der Waals surface area (Å²) in [7, 11) is 0. The molecular formula is C60H72F2O9. The topological polar surface area (TPSA) is 114 Å². The molecule has 0 bridgehead atoms. The fourth-order valence-corrected chi connectivity index (χ4v) is 8.15. The van der Waals surface area contributed by atoms with Crippen LogP contribution in [0.3, 0.4) is 0 Å². The van der Waals surface area contributed by atoms with Crippen LogP contribution in [0.15, 0.2) is 109 Å². The van der Waals surface area contributed by atoms with Gasteiger partial charge in [-0.2, -0.15) is 0 Å². The molecule has 0 N–H and O–H groups in total. The average molecular weight is 975 g/mol. The van der Waals surface area contributed by atoms with E-state index in [1.54, 1.807) is 12.1 Å². The highest BCUT2D eigenvalue weighted by Crippen LogP contribution is 2.26. The highest BCUT2D eigenvalue weighted by molar-refractivity contribution is 5.94. The quantitative estimate of drug-likeness (QED) is 0.0230. The number of unbranched alkanes of at least 4 members (excludes halogenated alkanes) is 20. The first kappa shape index (κ1) is 55.6. The lowest BCUT2D eigenvalue weighted by Crippen LogP contribution is -2.13. The molecule has 0 atom stereocenters. The standard InChI is InChI=1S/C60H72F2O9/c1-3-5-7-9-11-13-15-16-18-20-22-24-41-67-49-37-39-53(55(61)43-49)60(66)71-52-38-40-54(56(62)44-52)59(65)70-51-28-25-27-50(42-51)69-58(64)47-33-35-48(36-34-47)68-57(63)46-31-29-45(30-32-46)26-23-21-19-17-14-12-10-8-6-4-2/h25,27-40,42-44H,3-24,26,41H2,1-2H3. The fraction of sp³-hybridized carbons (Fsp3) is 0.433. The molecule has 0 aliphatic rings. The summed E-state index contributed by atoms with van der Waals surface area (Å²) in [5, 5.41) is 0. The van der Waals surface area contributed by atoms with E-state index in [1.807, 2.05) is 12.1 Å². The Morgan fingerprint density at radius 2 is 0.732 bits per heavy atom. The van der Waals surface area contributed by atoms with Crippen LogP contribution < -0.4 is 23.7 Å². The Bertz CT molecular complexity index is 2400. The molecule has 0 spiro atoms. The summed E-state index contributed by atoms with van der Waals surface area (Å²) < 4.78 is 57.4. The molecule has 0 unspecified atom stereocenters. The maximum absolute atomic E-state index is 15.2. The van der Waals surface area contributed by atoms with Gasteiger partial charge in [0.05, 0.1) is 28.9 Å².